The zero-order valence-corrected chi connectivity index (χ0v) is 25.6. The summed E-state index contributed by atoms with van der Waals surface area (Å²) in [6, 6.07) is 47.3. The summed E-state index contributed by atoms with van der Waals surface area (Å²) in [6.07, 6.45) is 1.56. The van der Waals surface area contributed by atoms with E-state index in [1.165, 1.54) is 0 Å². The van der Waals surface area contributed by atoms with Crippen molar-refractivity contribution in [1.82, 2.24) is 10.3 Å². The largest absolute Gasteiger partial charge is 0.456 e. The molecule has 4 heterocycles. The first-order valence-corrected chi connectivity index (χ1v) is 16.0. The minimum absolute atomic E-state index is 0.303. The molecule has 1 atom stereocenters. The lowest BCUT2D eigenvalue weighted by Crippen LogP contribution is -2.33. The summed E-state index contributed by atoms with van der Waals surface area (Å²) in [5, 5.41) is 9.94. The molecule has 48 heavy (non-hydrogen) atoms. The van der Waals surface area contributed by atoms with E-state index in [0.29, 0.717) is 5.84 Å². The molecule has 9 aromatic rings. The quantitative estimate of drug-likeness (QED) is 0.213. The second-order valence-corrected chi connectivity index (χ2v) is 12.0. The van der Waals surface area contributed by atoms with E-state index in [1.807, 2.05) is 91.1 Å². The average Bonchev–Trinajstić information content (AvgIpc) is 3.72. The first-order valence-electron chi connectivity index (χ1n) is 16.0. The lowest BCUT2D eigenvalue weighted by Gasteiger charge is -2.24. The highest BCUT2D eigenvalue weighted by molar-refractivity contribution is 6.24. The Morgan fingerprint density at radius 1 is 0.562 bits per heavy atom. The molecule has 0 spiro atoms. The van der Waals surface area contributed by atoms with E-state index >= 15 is 0 Å². The Morgan fingerprint density at radius 3 is 2.06 bits per heavy atom. The van der Waals surface area contributed by atoms with Gasteiger partial charge < -0.3 is 14.2 Å². The monoisotopic (exact) mass is 618 g/mol. The van der Waals surface area contributed by atoms with Crippen LogP contribution in [0.1, 0.15) is 22.9 Å². The minimum atomic E-state index is -0.303. The summed E-state index contributed by atoms with van der Waals surface area (Å²) in [5.74, 6) is 1.41. The Bertz CT molecular complexity index is 2760. The zero-order chi connectivity index (χ0) is 31.6. The number of pyridine rings is 1. The lowest BCUT2D eigenvalue weighted by molar-refractivity contribution is 0.667. The van der Waals surface area contributed by atoms with Gasteiger partial charge in [-0.1, -0.05) is 109 Å². The number of nitrogens with zero attached hydrogens (tertiary/aromatic N) is 3. The van der Waals surface area contributed by atoms with Gasteiger partial charge in [-0.15, -0.1) is 0 Å². The Morgan fingerprint density at radius 2 is 1.25 bits per heavy atom. The zero-order valence-electron chi connectivity index (χ0n) is 25.6. The van der Waals surface area contributed by atoms with Crippen LogP contribution < -0.4 is 5.32 Å². The van der Waals surface area contributed by atoms with Gasteiger partial charge in [-0.2, -0.15) is 0 Å². The standard InChI is InChI=1S/C42H26N4O2/c1-3-11-25(12-4-1)40-44-41(26-13-5-2-6-14-26)46-42(45-40)31-18-10-20-34-37(31)30-21-22-43-38(39(30)48-34)29-17-9-19-33-36(29)32-23-27-15-7-8-16-28(27)24-35(32)47-33/h1-24,40H,(H,44,45,46). The Kier molecular flexibility index (Phi) is 5.84. The summed E-state index contributed by atoms with van der Waals surface area (Å²) >= 11 is 0. The molecule has 6 nitrogen and oxygen atoms in total. The van der Waals surface area contributed by atoms with Gasteiger partial charge in [-0.25, -0.2) is 9.98 Å². The molecular formula is C42H26N4O2. The molecule has 10 rings (SSSR count). The van der Waals surface area contributed by atoms with E-state index in [-0.39, 0.29) is 6.17 Å². The molecule has 226 valence electrons. The van der Waals surface area contributed by atoms with Crippen LogP contribution in [0.15, 0.2) is 165 Å². The van der Waals surface area contributed by atoms with Crippen molar-refractivity contribution in [2.75, 3.05) is 0 Å². The highest BCUT2D eigenvalue weighted by Crippen LogP contribution is 2.42. The molecule has 1 unspecified atom stereocenters. The molecule has 1 aliphatic heterocycles. The van der Waals surface area contributed by atoms with E-state index in [9.17, 15) is 0 Å². The number of fused-ring (bicyclic) bond motifs is 7. The fourth-order valence-corrected chi connectivity index (χ4v) is 6.96. The van der Waals surface area contributed by atoms with Gasteiger partial charge in [-0.05, 0) is 46.7 Å². The number of hydrogen-bond acceptors (Lipinski definition) is 6. The molecule has 0 saturated heterocycles. The smallest absolute Gasteiger partial charge is 0.161 e. The Labute approximate surface area is 274 Å². The number of benzene rings is 6. The maximum Gasteiger partial charge on any atom is 0.161 e. The van der Waals surface area contributed by atoms with Crippen molar-refractivity contribution in [2.45, 2.75) is 6.17 Å². The first-order chi connectivity index (χ1) is 23.8. The van der Waals surface area contributed by atoms with Crippen molar-refractivity contribution in [3.63, 3.8) is 0 Å². The minimum Gasteiger partial charge on any atom is -0.456 e. The maximum atomic E-state index is 6.69. The SMILES string of the molecule is c1ccc(C2=NC(c3ccccc3)NC(c3cccc4oc5c(-c6cccc7oc8cc9ccccc9cc8c67)nccc5c34)=N2)cc1. The molecule has 0 saturated carbocycles. The molecule has 0 amide bonds. The number of hydrogen-bond donors (Lipinski definition) is 1. The highest BCUT2D eigenvalue weighted by Gasteiger charge is 2.25. The molecule has 6 aromatic carbocycles. The van der Waals surface area contributed by atoms with Crippen LogP contribution in [0.5, 0.6) is 0 Å². The number of aliphatic imine (C=N–C) groups is 2. The number of amidine groups is 2. The Hall–Kier alpha value is -6.53. The van der Waals surface area contributed by atoms with Gasteiger partial charge in [0.15, 0.2) is 11.4 Å². The van der Waals surface area contributed by atoms with E-state index in [1.54, 1.807) is 0 Å². The fraction of sp³-hybridized carbons (Fsp3) is 0.0238. The van der Waals surface area contributed by atoms with Crippen LogP contribution in [0.4, 0.5) is 0 Å². The predicted octanol–water partition coefficient (Wildman–Crippen LogP) is 10.2. The van der Waals surface area contributed by atoms with Gasteiger partial charge in [0, 0.05) is 44.4 Å². The molecule has 1 aliphatic rings. The Balaban J connectivity index is 1.18. The van der Waals surface area contributed by atoms with Crippen LogP contribution in [0.2, 0.25) is 0 Å². The summed E-state index contributed by atoms with van der Waals surface area (Å²) in [5.41, 5.74) is 7.82. The second-order valence-electron chi connectivity index (χ2n) is 12.0. The summed E-state index contributed by atoms with van der Waals surface area (Å²) in [4.78, 5) is 15.0. The van der Waals surface area contributed by atoms with Gasteiger partial charge >= 0.3 is 0 Å². The fourth-order valence-electron chi connectivity index (χ4n) is 6.96. The highest BCUT2D eigenvalue weighted by atomic mass is 16.3. The second kappa shape index (κ2) is 10.5. The molecular weight excluding hydrogens is 592 g/mol. The van der Waals surface area contributed by atoms with E-state index in [0.717, 1.165) is 88.4 Å². The normalized spacial score (nSPS) is 14.9. The van der Waals surface area contributed by atoms with Gasteiger partial charge in [0.25, 0.3) is 0 Å². The van der Waals surface area contributed by atoms with Gasteiger partial charge in [0.05, 0.1) is 0 Å². The van der Waals surface area contributed by atoms with Crippen LogP contribution in [-0.4, -0.2) is 16.7 Å². The van der Waals surface area contributed by atoms with Crippen molar-refractivity contribution < 1.29 is 8.83 Å². The van der Waals surface area contributed by atoms with E-state index in [4.69, 9.17) is 23.8 Å². The molecule has 3 aromatic heterocycles. The molecule has 0 radical (unpaired) electrons. The predicted molar refractivity (Wildman–Crippen MR) is 194 cm³/mol. The lowest BCUT2D eigenvalue weighted by atomic mass is 9.99. The van der Waals surface area contributed by atoms with E-state index in [2.05, 4.69) is 59.9 Å². The topological polar surface area (TPSA) is 75.9 Å². The number of rotatable bonds is 4. The number of aromatic nitrogens is 1. The van der Waals surface area contributed by atoms with Crippen LogP contribution in [0.25, 0.3) is 65.9 Å². The van der Waals surface area contributed by atoms with Gasteiger partial charge in [0.1, 0.15) is 34.4 Å². The van der Waals surface area contributed by atoms with Crippen molar-refractivity contribution in [2.24, 2.45) is 9.98 Å². The first kappa shape index (κ1) is 26.7. The van der Waals surface area contributed by atoms with E-state index < -0.39 is 0 Å². The summed E-state index contributed by atoms with van der Waals surface area (Å²) in [7, 11) is 0. The molecule has 6 heteroatoms. The number of furan rings is 2. The maximum absolute atomic E-state index is 6.69. The van der Waals surface area contributed by atoms with Crippen LogP contribution in [0, 0.1) is 0 Å². The van der Waals surface area contributed by atoms with Gasteiger partial charge in [-0.3, -0.25) is 4.98 Å². The van der Waals surface area contributed by atoms with Crippen LogP contribution in [0.3, 0.4) is 0 Å². The number of nitrogens with one attached hydrogen (secondary N) is 1. The average molecular weight is 619 g/mol. The molecule has 1 N–H and O–H groups in total. The summed E-state index contributed by atoms with van der Waals surface area (Å²) < 4.78 is 13.1. The van der Waals surface area contributed by atoms with Crippen LogP contribution in [-0.2, 0) is 0 Å². The van der Waals surface area contributed by atoms with Crippen molar-refractivity contribution in [3.05, 3.63) is 162 Å². The third-order valence-corrected chi connectivity index (χ3v) is 9.18. The van der Waals surface area contributed by atoms with Crippen molar-refractivity contribution >= 4 is 66.3 Å². The third-order valence-electron chi connectivity index (χ3n) is 9.18. The van der Waals surface area contributed by atoms with Crippen LogP contribution >= 0.6 is 0 Å². The molecule has 0 aliphatic carbocycles. The van der Waals surface area contributed by atoms with Gasteiger partial charge in [0.2, 0.25) is 0 Å². The third kappa shape index (κ3) is 4.16. The van der Waals surface area contributed by atoms with Crippen molar-refractivity contribution in [3.8, 4) is 11.3 Å². The molecule has 0 fully saturated rings. The molecule has 0 bridgehead atoms. The van der Waals surface area contributed by atoms with Crippen molar-refractivity contribution in [1.29, 1.82) is 0 Å². The summed E-state index contributed by atoms with van der Waals surface area (Å²) in [6.45, 7) is 0.